The summed E-state index contributed by atoms with van der Waals surface area (Å²) in [6.07, 6.45) is 0.749. The molecule has 1 N–H and O–H groups in total. The third-order valence-corrected chi connectivity index (χ3v) is 3.88. The lowest BCUT2D eigenvalue weighted by Gasteiger charge is -2.32. The van der Waals surface area contributed by atoms with Crippen LogP contribution < -0.4 is 4.90 Å². The number of hydrogen-bond acceptors (Lipinski definition) is 1. The fourth-order valence-electron chi connectivity index (χ4n) is 3.17. The Hall–Kier alpha value is -1.38. The first-order chi connectivity index (χ1) is 9.20. The fourth-order valence-corrected chi connectivity index (χ4v) is 3.17. The second kappa shape index (κ2) is 5.32. The van der Waals surface area contributed by atoms with E-state index in [4.69, 9.17) is 4.74 Å². The average molecular weight is 256 g/mol. The second-order valence-corrected chi connectivity index (χ2v) is 5.77. The Morgan fingerprint density at radius 3 is 2.42 bits per heavy atom. The van der Waals surface area contributed by atoms with E-state index >= 15 is 0 Å². The van der Waals surface area contributed by atoms with Gasteiger partial charge in [-0.15, -0.1) is 0 Å². The third kappa shape index (κ3) is 2.96. The number of benzene rings is 2. The topological polar surface area (TPSA) is 13.7 Å². The van der Waals surface area contributed by atoms with E-state index in [9.17, 15) is 0 Å². The Morgan fingerprint density at radius 1 is 1.00 bits per heavy atom. The molecule has 100 valence electrons. The highest BCUT2D eigenvalue weighted by molar-refractivity contribution is 5.82. The SMILES string of the molecule is C[C@H]1C[NH+](Cc2ccc3ccccc3c2)C[C@H](C)O1. The van der Waals surface area contributed by atoms with Gasteiger partial charge in [-0.25, -0.2) is 0 Å². The van der Waals surface area contributed by atoms with E-state index in [1.807, 2.05) is 0 Å². The van der Waals surface area contributed by atoms with Crippen molar-refractivity contribution in [3.05, 3.63) is 48.0 Å². The summed E-state index contributed by atoms with van der Waals surface area (Å²) in [6.45, 7) is 7.67. The number of rotatable bonds is 2. The summed E-state index contributed by atoms with van der Waals surface area (Å²) in [7, 11) is 0. The zero-order valence-electron chi connectivity index (χ0n) is 11.7. The first-order valence-electron chi connectivity index (χ1n) is 7.17. The highest BCUT2D eigenvalue weighted by atomic mass is 16.5. The minimum Gasteiger partial charge on any atom is -0.364 e. The van der Waals surface area contributed by atoms with E-state index < -0.39 is 0 Å². The van der Waals surface area contributed by atoms with Crippen LogP contribution in [0.3, 0.4) is 0 Å². The van der Waals surface area contributed by atoms with Gasteiger partial charge >= 0.3 is 0 Å². The molecule has 0 spiro atoms. The molecule has 19 heavy (non-hydrogen) atoms. The maximum Gasteiger partial charge on any atom is 0.104 e. The molecular formula is C17H22NO+. The summed E-state index contributed by atoms with van der Waals surface area (Å²) in [4.78, 5) is 1.63. The Labute approximate surface area is 115 Å². The summed E-state index contributed by atoms with van der Waals surface area (Å²) < 4.78 is 5.80. The summed E-state index contributed by atoms with van der Waals surface area (Å²) in [5.74, 6) is 0. The molecule has 0 bridgehead atoms. The molecule has 0 radical (unpaired) electrons. The second-order valence-electron chi connectivity index (χ2n) is 5.77. The van der Waals surface area contributed by atoms with Crippen LogP contribution in [0, 0.1) is 0 Å². The Balaban J connectivity index is 1.77. The summed E-state index contributed by atoms with van der Waals surface area (Å²) >= 11 is 0. The number of morpholine rings is 1. The lowest BCUT2D eigenvalue weighted by atomic mass is 10.1. The minimum absolute atomic E-state index is 0.374. The lowest BCUT2D eigenvalue weighted by Crippen LogP contribution is -3.14. The lowest BCUT2D eigenvalue weighted by molar-refractivity contribution is -0.928. The molecule has 3 rings (SSSR count). The predicted molar refractivity (Wildman–Crippen MR) is 78.4 cm³/mol. The Morgan fingerprint density at radius 2 is 1.68 bits per heavy atom. The standard InChI is InChI=1S/C17H21NO/c1-13-10-18(11-14(2)19-13)12-15-7-8-16-5-3-4-6-17(16)9-15/h3-9,13-14H,10-12H2,1-2H3/p+1/t13-,14-/m0/s1. The van der Waals surface area contributed by atoms with Gasteiger partial charge in [-0.1, -0.05) is 36.4 Å². The van der Waals surface area contributed by atoms with Crippen LogP contribution in [0.4, 0.5) is 0 Å². The van der Waals surface area contributed by atoms with E-state index in [1.165, 1.54) is 16.3 Å². The highest BCUT2D eigenvalue weighted by Gasteiger charge is 2.25. The molecule has 2 aromatic carbocycles. The summed E-state index contributed by atoms with van der Waals surface area (Å²) in [6, 6.07) is 15.4. The summed E-state index contributed by atoms with van der Waals surface area (Å²) in [5.41, 5.74) is 1.43. The quantitative estimate of drug-likeness (QED) is 0.868. The first-order valence-corrected chi connectivity index (χ1v) is 7.17. The molecule has 2 atom stereocenters. The average Bonchev–Trinajstić information content (AvgIpc) is 2.37. The van der Waals surface area contributed by atoms with Crippen molar-refractivity contribution in [3.63, 3.8) is 0 Å². The smallest absolute Gasteiger partial charge is 0.104 e. The number of ether oxygens (including phenoxy) is 1. The van der Waals surface area contributed by atoms with E-state index in [-0.39, 0.29) is 0 Å². The van der Waals surface area contributed by atoms with Gasteiger partial charge in [0.2, 0.25) is 0 Å². The molecule has 2 aromatic rings. The molecule has 0 aromatic heterocycles. The minimum atomic E-state index is 0.374. The molecular weight excluding hydrogens is 234 g/mol. The van der Waals surface area contributed by atoms with Crippen LogP contribution in [-0.4, -0.2) is 25.3 Å². The molecule has 1 fully saturated rings. The van der Waals surface area contributed by atoms with E-state index in [2.05, 4.69) is 56.3 Å². The van der Waals surface area contributed by atoms with Crippen molar-refractivity contribution in [1.82, 2.24) is 0 Å². The van der Waals surface area contributed by atoms with Crippen molar-refractivity contribution >= 4 is 10.8 Å². The van der Waals surface area contributed by atoms with Crippen molar-refractivity contribution in [2.24, 2.45) is 0 Å². The van der Waals surface area contributed by atoms with Gasteiger partial charge in [-0.2, -0.15) is 0 Å². The first kappa shape index (κ1) is 12.6. The normalized spacial score (nSPS) is 27.6. The van der Waals surface area contributed by atoms with Crippen LogP contribution in [0.25, 0.3) is 10.8 Å². The molecule has 1 saturated heterocycles. The molecule has 0 aliphatic carbocycles. The zero-order valence-corrected chi connectivity index (χ0v) is 11.7. The van der Waals surface area contributed by atoms with Crippen molar-refractivity contribution in [2.75, 3.05) is 13.1 Å². The maximum absolute atomic E-state index is 5.80. The number of quaternary nitrogens is 1. The third-order valence-electron chi connectivity index (χ3n) is 3.88. The predicted octanol–water partition coefficient (Wildman–Crippen LogP) is 2.03. The van der Waals surface area contributed by atoms with Gasteiger partial charge in [0, 0.05) is 5.56 Å². The fraction of sp³-hybridized carbons (Fsp3) is 0.412. The molecule has 2 nitrogen and oxygen atoms in total. The Kier molecular flexibility index (Phi) is 3.54. The van der Waals surface area contributed by atoms with Gasteiger partial charge in [-0.05, 0) is 30.7 Å². The van der Waals surface area contributed by atoms with Crippen LogP contribution in [0.5, 0.6) is 0 Å². The van der Waals surface area contributed by atoms with Crippen molar-refractivity contribution in [3.8, 4) is 0 Å². The largest absolute Gasteiger partial charge is 0.364 e. The molecule has 1 aliphatic rings. The molecule has 1 heterocycles. The van der Waals surface area contributed by atoms with Gasteiger partial charge < -0.3 is 9.64 Å². The van der Waals surface area contributed by atoms with Crippen LogP contribution in [0.2, 0.25) is 0 Å². The van der Waals surface area contributed by atoms with Gasteiger partial charge in [0.15, 0.2) is 0 Å². The number of nitrogens with one attached hydrogen (secondary N) is 1. The van der Waals surface area contributed by atoms with E-state index in [0.717, 1.165) is 19.6 Å². The molecule has 0 saturated carbocycles. The molecule has 0 unspecified atom stereocenters. The van der Waals surface area contributed by atoms with Crippen LogP contribution in [-0.2, 0) is 11.3 Å². The zero-order chi connectivity index (χ0) is 13.2. The number of fused-ring (bicyclic) bond motifs is 1. The van der Waals surface area contributed by atoms with Crippen LogP contribution >= 0.6 is 0 Å². The van der Waals surface area contributed by atoms with Crippen molar-refractivity contribution < 1.29 is 9.64 Å². The number of hydrogen-bond donors (Lipinski definition) is 1. The highest BCUT2D eigenvalue weighted by Crippen LogP contribution is 2.15. The van der Waals surface area contributed by atoms with E-state index in [0.29, 0.717) is 12.2 Å². The summed E-state index contributed by atoms with van der Waals surface area (Å²) in [5, 5.41) is 2.67. The van der Waals surface area contributed by atoms with Crippen LogP contribution in [0.15, 0.2) is 42.5 Å². The molecule has 0 amide bonds. The van der Waals surface area contributed by atoms with Crippen LogP contribution in [0.1, 0.15) is 19.4 Å². The van der Waals surface area contributed by atoms with E-state index in [1.54, 1.807) is 4.90 Å². The van der Waals surface area contributed by atoms with Gasteiger partial charge in [0.05, 0.1) is 0 Å². The molecule has 1 aliphatic heterocycles. The van der Waals surface area contributed by atoms with Gasteiger partial charge in [-0.3, -0.25) is 0 Å². The maximum atomic E-state index is 5.80. The van der Waals surface area contributed by atoms with Gasteiger partial charge in [0.1, 0.15) is 31.8 Å². The Bertz CT molecular complexity index is 556. The van der Waals surface area contributed by atoms with Crippen molar-refractivity contribution in [1.29, 1.82) is 0 Å². The van der Waals surface area contributed by atoms with Crippen molar-refractivity contribution in [2.45, 2.75) is 32.6 Å². The van der Waals surface area contributed by atoms with Gasteiger partial charge in [0.25, 0.3) is 0 Å². The molecule has 2 heteroatoms. The monoisotopic (exact) mass is 256 g/mol.